The number of carbonyl (C=O) groups is 1. The van der Waals surface area contributed by atoms with Gasteiger partial charge in [0.1, 0.15) is 6.54 Å². The van der Waals surface area contributed by atoms with Gasteiger partial charge in [0, 0.05) is 0 Å². The number of halogens is 1. The van der Waals surface area contributed by atoms with Crippen LogP contribution >= 0.6 is 11.6 Å². The van der Waals surface area contributed by atoms with Crippen LogP contribution in [0.1, 0.15) is 11.1 Å². The lowest BCUT2D eigenvalue weighted by Gasteiger charge is -2.24. The largest absolute Gasteiger partial charge is 0.493 e. The number of ether oxygens (including phenoxy) is 2. The Morgan fingerprint density at radius 3 is 2.35 bits per heavy atom. The Hall–Kier alpha value is -3.56. The minimum Gasteiger partial charge on any atom is -0.493 e. The fraction of sp³-hybridized carbons (Fsp3) is 0.167. The van der Waals surface area contributed by atoms with Gasteiger partial charge >= 0.3 is 0 Å². The minimum atomic E-state index is -4.08. The highest BCUT2D eigenvalue weighted by Crippen LogP contribution is 2.30. The maximum Gasteiger partial charge on any atom is 0.264 e. The maximum absolute atomic E-state index is 13.4. The van der Waals surface area contributed by atoms with Crippen LogP contribution in [0.2, 0.25) is 5.02 Å². The number of methoxy groups -OCH3 is 2. The molecular formula is C24H24ClN3O5S. The van der Waals surface area contributed by atoms with Gasteiger partial charge in [-0.05, 0) is 55.0 Å². The lowest BCUT2D eigenvalue weighted by molar-refractivity contribution is -0.119. The van der Waals surface area contributed by atoms with Crippen LogP contribution in [-0.4, -0.2) is 41.3 Å². The SMILES string of the molecule is COc1ccc(/C=N\NC(=O)CN(c2ccccc2Cl)S(=O)(=O)c2ccc(C)cc2)cc1OC. The van der Waals surface area contributed by atoms with Gasteiger partial charge in [-0.3, -0.25) is 9.10 Å². The summed E-state index contributed by atoms with van der Waals surface area (Å²) in [6.07, 6.45) is 1.41. The molecule has 0 aliphatic carbocycles. The highest BCUT2D eigenvalue weighted by atomic mass is 35.5. The predicted molar refractivity (Wildman–Crippen MR) is 132 cm³/mol. The molecule has 0 saturated carbocycles. The molecule has 0 bridgehead atoms. The summed E-state index contributed by atoms with van der Waals surface area (Å²) in [6.45, 7) is 1.33. The molecule has 1 amide bonds. The van der Waals surface area contributed by atoms with E-state index in [0.29, 0.717) is 17.1 Å². The monoisotopic (exact) mass is 501 g/mol. The van der Waals surface area contributed by atoms with Crippen LogP contribution in [-0.2, 0) is 14.8 Å². The van der Waals surface area contributed by atoms with Gasteiger partial charge in [0.2, 0.25) is 0 Å². The second-order valence-corrected chi connectivity index (χ2v) is 9.45. The molecule has 0 heterocycles. The summed E-state index contributed by atoms with van der Waals surface area (Å²) < 4.78 is 38.2. The molecule has 0 aliphatic rings. The van der Waals surface area contributed by atoms with E-state index in [4.69, 9.17) is 21.1 Å². The van der Waals surface area contributed by atoms with E-state index in [1.807, 2.05) is 6.92 Å². The van der Waals surface area contributed by atoms with Crippen molar-refractivity contribution in [2.75, 3.05) is 25.1 Å². The molecule has 34 heavy (non-hydrogen) atoms. The Bertz CT molecular complexity index is 1290. The topological polar surface area (TPSA) is 97.3 Å². The molecule has 0 atom stereocenters. The molecule has 0 aromatic heterocycles. The third-order valence-electron chi connectivity index (χ3n) is 4.83. The molecule has 0 spiro atoms. The second kappa shape index (κ2) is 11.0. The van der Waals surface area contributed by atoms with E-state index in [2.05, 4.69) is 10.5 Å². The van der Waals surface area contributed by atoms with Crippen molar-refractivity contribution in [1.82, 2.24) is 5.43 Å². The number of hydrazone groups is 1. The molecule has 3 aromatic carbocycles. The molecule has 178 valence electrons. The quantitative estimate of drug-likeness (QED) is 0.353. The van der Waals surface area contributed by atoms with Crippen molar-refractivity contribution >= 4 is 39.4 Å². The Labute approximate surface area is 203 Å². The van der Waals surface area contributed by atoms with Crippen LogP contribution in [0.25, 0.3) is 0 Å². The van der Waals surface area contributed by atoms with Gasteiger partial charge in [-0.15, -0.1) is 0 Å². The number of hydrogen-bond acceptors (Lipinski definition) is 6. The van der Waals surface area contributed by atoms with E-state index in [-0.39, 0.29) is 15.6 Å². The predicted octanol–water partition coefficient (Wildman–Crippen LogP) is 4.01. The first kappa shape index (κ1) is 25.1. The van der Waals surface area contributed by atoms with Gasteiger partial charge in [-0.1, -0.05) is 41.4 Å². The van der Waals surface area contributed by atoms with Crippen molar-refractivity contribution in [3.63, 3.8) is 0 Å². The van der Waals surface area contributed by atoms with Crippen molar-refractivity contribution in [2.24, 2.45) is 5.10 Å². The number of sulfonamides is 1. The molecule has 0 unspecified atom stereocenters. The number of aryl methyl sites for hydroxylation is 1. The lowest BCUT2D eigenvalue weighted by atomic mass is 10.2. The van der Waals surface area contributed by atoms with Crippen LogP contribution in [0.4, 0.5) is 5.69 Å². The number of nitrogens with zero attached hydrogens (tertiary/aromatic N) is 2. The van der Waals surface area contributed by atoms with Crippen LogP contribution in [0.3, 0.4) is 0 Å². The summed E-state index contributed by atoms with van der Waals surface area (Å²) in [5.41, 5.74) is 4.10. The lowest BCUT2D eigenvalue weighted by Crippen LogP contribution is -2.39. The Morgan fingerprint density at radius 2 is 1.71 bits per heavy atom. The Morgan fingerprint density at radius 1 is 1.03 bits per heavy atom. The summed E-state index contributed by atoms with van der Waals surface area (Å²) in [7, 11) is -1.04. The molecule has 10 heteroatoms. The van der Waals surface area contributed by atoms with E-state index in [0.717, 1.165) is 9.87 Å². The van der Waals surface area contributed by atoms with Crippen molar-refractivity contribution in [3.8, 4) is 11.5 Å². The third-order valence-corrected chi connectivity index (χ3v) is 6.92. The highest BCUT2D eigenvalue weighted by molar-refractivity contribution is 7.92. The number of hydrogen-bond donors (Lipinski definition) is 1. The number of rotatable bonds is 9. The summed E-state index contributed by atoms with van der Waals surface area (Å²) in [5.74, 6) is 0.416. The summed E-state index contributed by atoms with van der Waals surface area (Å²) in [4.78, 5) is 12.7. The van der Waals surface area contributed by atoms with Crippen molar-refractivity contribution < 1.29 is 22.7 Å². The fourth-order valence-electron chi connectivity index (χ4n) is 3.07. The maximum atomic E-state index is 13.4. The smallest absolute Gasteiger partial charge is 0.264 e. The molecule has 0 radical (unpaired) electrons. The first-order chi connectivity index (χ1) is 16.3. The molecule has 8 nitrogen and oxygen atoms in total. The van der Waals surface area contributed by atoms with Crippen molar-refractivity contribution in [2.45, 2.75) is 11.8 Å². The molecule has 0 fully saturated rings. The van der Waals surface area contributed by atoms with Gasteiger partial charge < -0.3 is 9.47 Å². The van der Waals surface area contributed by atoms with E-state index < -0.39 is 22.5 Å². The van der Waals surface area contributed by atoms with Crippen molar-refractivity contribution in [1.29, 1.82) is 0 Å². The van der Waals surface area contributed by atoms with E-state index >= 15 is 0 Å². The van der Waals surface area contributed by atoms with Crippen LogP contribution in [0.5, 0.6) is 11.5 Å². The Kier molecular flexibility index (Phi) is 8.14. The van der Waals surface area contributed by atoms with Gasteiger partial charge in [-0.2, -0.15) is 5.10 Å². The molecule has 0 saturated heterocycles. The molecule has 3 rings (SSSR count). The molecule has 0 aliphatic heterocycles. The average Bonchev–Trinajstić information content (AvgIpc) is 2.83. The first-order valence-corrected chi connectivity index (χ1v) is 12.0. The Balaban J connectivity index is 1.83. The van der Waals surface area contributed by atoms with Crippen molar-refractivity contribution in [3.05, 3.63) is 82.9 Å². The number of carbonyl (C=O) groups excluding carboxylic acids is 1. The van der Waals surface area contributed by atoms with Crippen LogP contribution in [0, 0.1) is 6.92 Å². The van der Waals surface area contributed by atoms with E-state index in [9.17, 15) is 13.2 Å². The van der Waals surface area contributed by atoms with Gasteiger partial charge in [0.25, 0.3) is 15.9 Å². The molecular weight excluding hydrogens is 478 g/mol. The first-order valence-electron chi connectivity index (χ1n) is 10.1. The number of amides is 1. The standard InChI is InChI=1S/C24H24ClN3O5S/c1-17-8-11-19(12-9-17)34(30,31)28(21-7-5-4-6-20(21)25)16-24(29)27-26-15-18-10-13-22(32-2)23(14-18)33-3/h4-15H,16H2,1-3H3,(H,27,29)/b26-15-. The number of nitrogens with one attached hydrogen (secondary N) is 1. The number of anilines is 1. The zero-order chi connectivity index (χ0) is 24.7. The van der Waals surface area contributed by atoms with E-state index in [1.165, 1.54) is 38.6 Å². The number of benzene rings is 3. The minimum absolute atomic E-state index is 0.0413. The van der Waals surface area contributed by atoms with Crippen LogP contribution in [0.15, 0.2) is 76.7 Å². The summed E-state index contributed by atoms with van der Waals surface area (Å²) in [6, 6.07) is 17.9. The van der Waals surface area contributed by atoms with Gasteiger partial charge in [0.15, 0.2) is 11.5 Å². The summed E-state index contributed by atoms with van der Waals surface area (Å²) in [5, 5.41) is 4.13. The van der Waals surface area contributed by atoms with Crippen LogP contribution < -0.4 is 19.2 Å². The average molecular weight is 502 g/mol. The second-order valence-electron chi connectivity index (χ2n) is 7.18. The highest BCUT2D eigenvalue weighted by Gasteiger charge is 2.28. The van der Waals surface area contributed by atoms with Gasteiger partial charge in [0.05, 0.1) is 36.0 Å². The van der Waals surface area contributed by atoms with Gasteiger partial charge in [-0.25, -0.2) is 13.8 Å². The summed E-state index contributed by atoms with van der Waals surface area (Å²) >= 11 is 6.27. The molecule has 3 aromatic rings. The third kappa shape index (κ3) is 5.86. The normalized spacial score (nSPS) is 11.3. The molecule has 1 N–H and O–H groups in total. The zero-order valence-corrected chi connectivity index (χ0v) is 20.4. The van der Waals surface area contributed by atoms with E-state index in [1.54, 1.807) is 48.5 Å². The fourth-order valence-corrected chi connectivity index (χ4v) is 4.80. The number of para-hydroxylation sites is 1. The zero-order valence-electron chi connectivity index (χ0n) is 18.9.